The lowest BCUT2D eigenvalue weighted by Gasteiger charge is -2.22. The van der Waals surface area contributed by atoms with E-state index in [1.807, 2.05) is 0 Å². The van der Waals surface area contributed by atoms with Crippen LogP contribution in [0.2, 0.25) is 0 Å². The predicted octanol–water partition coefficient (Wildman–Crippen LogP) is 1.42. The van der Waals surface area contributed by atoms with Crippen LogP contribution in [0, 0.1) is 12.7 Å². The second-order valence-corrected chi connectivity index (χ2v) is 6.96. The standard InChI is InChI=1S/C13H18FN3O3S/c1-9-8-10(14)2-5-12(9)21(19,20)17(11-3-4-11)7-6-13(15)16-18/h2,5,8,11,18H,3-4,6-7H2,1H3,(H2,15,16). The first-order chi connectivity index (χ1) is 9.86. The third kappa shape index (κ3) is 3.51. The molecule has 0 aromatic heterocycles. The number of nitrogens with two attached hydrogens (primary N) is 1. The van der Waals surface area contributed by atoms with Gasteiger partial charge in [-0.3, -0.25) is 0 Å². The molecule has 1 saturated carbocycles. The molecule has 6 nitrogen and oxygen atoms in total. The summed E-state index contributed by atoms with van der Waals surface area (Å²) in [5.74, 6) is -0.493. The first-order valence-electron chi connectivity index (χ1n) is 6.60. The van der Waals surface area contributed by atoms with Crippen molar-refractivity contribution in [1.82, 2.24) is 4.31 Å². The molecule has 0 spiro atoms. The summed E-state index contributed by atoms with van der Waals surface area (Å²) in [7, 11) is -3.71. The first-order valence-corrected chi connectivity index (χ1v) is 8.04. The average molecular weight is 315 g/mol. The van der Waals surface area contributed by atoms with E-state index in [2.05, 4.69) is 5.16 Å². The van der Waals surface area contributed by atoms with Gasteiger partial charge >= 0.3 is 0 Å². The van der Waals surface area contributed by atoms with Crippen LogP contribution in [-0.4, -0.2) is 36.4 Å². The molecule has 1 fully saturated rings. The molecule has 0 atom stereocenters. The number of oxime groups is 1. The van der Waals surface area contributed by atoms with Crippen molar-refractivity contribution in [3.05, 3.63) is 29.6 Å². The van der Waals surface area contributed by atoms with Crippen LogP contribution in [-0.2, 0) is 10.0 Å². The van der Waals surface area contributed by atoms with E-state index in [0.29, 0.717) is 5.56 Å². The number of hydrogen-bond donors (Lipinski definition) is 2. The van der Waals surface area contributed by atoms with E-state index in [4.69, 9.17) is 10.9 Å². The van der Waals surface area contributed by atoms with Crippen LogP contribution in [0.1, 0.15) is 24.8 Å². The largest absolute Gasteiger partial charge is 0.409 e. The highest BCUT2D eigenvalue weighted by molar-refractivity contribution is 7.89. The van der Waals surface area contributed by atoms with Crippen molar-refractivity contribution in [2.45, 2.75) is 37.1 Å². The Kier molecular flexibility index (Phi) is 4.48. The van der Waals surface area contributed by atoms with Crippen molar-refractivity contribution >= 4 is 15.9 Å². The van der Waals surface area contributed by atoms with Gasteiger partial charge in [0.25, 0.3) is 0 Å². The minimum absolute atomic E-state index is 0.0216. The van der Waals surface area contributed by atoms with Crippen LogP contribution < -0.4 is 5.73 Å². The number of sulfonamides is 1. The lowest BCUT2D eigenvalue weighted by molar-refractivity contribution is 0.315. The number of halogens is 1. The van der Waals surface area contributed by atoms with Crippen LogP contribution in [0.5, 0.6) is 0 Å². The molecule has 0 radical (unpaired) electrons. The number of aryl methyl sites for hydroxylation is 1. The normalized spacial score (nSPS) is 16.4. The van der Waals surface area contributed by atoms with E-state index >= 15 is 0 Å². The summed E-state index contributed by atoms with van der Waals surface area (Å²) in [6.45, 7) is 1.70. The van der Waals surface area contributed by atoms with Gasteiger partial charge in [-0.25, -0.2) is 12.8 Å². The molecule has 0 unspecified atom stereocenters. The Morgan fingerprint density at radius 2 is 2.19 bits per heavy atom. The van der Waals surface area contributed by atoms with Crippen LogP contribution in [0.25, 0.3) is 0 Å². The second kappa shape index (κ2) is 5.98. The Morgan fingerprint density at radius 3 is 2.71 bits per heavy atom. The van der Waals surface area contributed by atoms with Crippen molar-refractivity contribution in [2.75, 3.05) is 6.54 Å². The fourth-order valence-electron chi connectivity index (χ4n) is 2.16. The number of amidine groups is 1. The molecule has 2 rings (SSSR count). The quantitative estimate of drug-likeness (QED) is 0.359. The molecule has 1 aliphatic carbocycles. The molecule has 3 N–H and O–H groups in total. The molecule has 0 saturated heterocycles. The Morgan fingerprint density at radius 1 is 1.52 bits per heavy atom. The molecule has 0 heterocycles. The topological polar surface area (TPSA) is 96.0 Å². The summed E-state index contributed by atoms with van der Waals surface area (Å²) in [6.07, 6.45) is 1.72. The van der Waals surface area contributed by atoms with E-state index in [1.54, 1.807) is 6.92 Å². The zero-order valence-corrected chi connectivity index (χ0v) is 12.5. The summed E-state index contributed by atoms with van der Waals surface area (Å²) in [5, 5.41) is 11.4. The average Bonchev–Trinajstić information content (AvgIpc) is 3.22. The number of benzene rings is 1. The van der Waals surface area contributed by atoms with Gasteiger partial charge in [0.15, 0.2) is 0 Å². The second-order valence-electron chi connectivity index (χ2n) is 5.10. The fraction of sp³-hybridized carbons (Fsp3) is 0.462. The van der Waals surface area contributed by atoms with E-state index in [0.717, 1.165) is 18.9 Å². The van der Waals surface area contributed by atoms with Gasteiger partial charge in [-0.1, -0.05) is 5.16 Å². The summed E-state index contributed by atoms with van der Waals surface area (Å²) < 4.78 is 39.9. The lowest BCUT2D eigenvalue weighted by Crippen LogP contribution is -2.36. The molecule has 1 aromatic rings. The smallest absolute Gasteiger partial charge is 0.243 e. The highest BCUT2D eigenvalue weighted by Crippen LogP contribution is 2.33. The molecule has 1 aromatic carbocycles. The molecular formula is C13H18FN3O3S. The van der Waals surface area contributed by atoms with Crippen LogP contribution >= 0.6 is 0 Å². The first kappa shape index (κ1) is 15.7. The molecule has 116 valence electrons. The zero-order chi connectivity index (χ0) is 15.6. The van der Waals surface area contributed by atoms with Crippen LogP contribution in [0.3, 0.4) is 0 Å². The SMILES string of the molecule is Cc1cc(F)ccc1S(=O)(=O)N(CCC(N)=NO)C1CC1. The molecule has 21 heavy (non-hydrogen) atoms. The maximum Gasteiger partial charge on any atom is 0.243 e. The third-order valence-electron chi connectivity index (χ3n) is 3.39. The molecule has 8 heteroatoms. The van der Waals surface area contributed by atoms with Gasteiger partial charge in [-0.15, -0.1) is 0 Å². The summed E-state index contributed by atoms with van der Waals surface area (Å²) >= 11 is 0. The van der Waals surface area contributed by atoms with E-state index < -0.39 is 15.8 Å². The highest BCUT2D eigenvalue weighted by Gasteiger charge is 2.38. The zero-order valence-electron chi connectivity index (χ0n) is 11.7. The molecule has 0 bridgehead atoms. The summed E-state index contributed by atoms with van der Waals surface area (Å²) in [6, 6.07) is 3.54. The Labute approximate surface area is 123 Å². The van der Waals surface area contributed by atoms with Crippen molar-refractivity contribution in [3.8, 4) is 0 Å². The minimum atomic E-state index is -3.71. The van der Waals surface area contributed by atoms with Crippen molar-refractivity contribution in [2.24, 2.45) is 10.9 Å². The fourth-order valence-corrected chi connectivity index (χ4v) is 4.06. The number of nitrogens with zero attached hydrogens (tertiary/aromatic N) is 2. The van der Waals surface area contributed by atoms with Crippen molar-refractivity contribution in [1.29, 1.82) is 0 Å². The van der Waals surface area contributed by atoms with Gasteiger partial charge in [-0.2, -0.15) is 4.31 Å². The number of rotatable bonds is 6. The molecule has 0 amide bonds. The van der Waals surface area contributed by atoms with Gasteiger partial charge in [0.2, 0.25) is 10.0 Å². The molecule has 1 aliphatic rings. The van der Waals surface area contributed by atoms with Gasteiger partial charge in [-0.05, 0) is 43.5 Å². The van der Waals surface area contributed by atoms with Gasteiger partial charge in [0.1, 0.15) is 11.7 Å². The molecule has 0 aliphatic heterocycles. The van der Waals surface area contributed by atoms with Crippen molar-refractivity contribution in [3.63, 3.8) is 0 Å². The maximum atomic E-state index is 13.1. The monoisotopic (exact) mass is 315 g/mol. The van der Waals surface area contributed by atoms with Crippen LogP contribution in [0.4, 0.5) is 4.39 Å². The lowest BCUT2D eigenvalue weighted by atomic mass is 10.2. The molecular weight excluding hydrogens is 297 g/mol. The van der Waals surface area contributed by atoms with E-state index in [-0.39, 0.29) is 29.7 Å². The summed E-state index contributed by atoms with van der Waals surface area (Å²) in [5.41, 5.74) is 5.77. The predicted molar refractivity (Wildman–Crippen MR) is 76.1 cm³/mol. The van der Waals surface area contributed by atoms with Crippen LogP contribution in [0.15, 0.2) is 28.3 Å². The Balaban J connectivity index is 2.29. The van der Waals surface area contributed by atoms with Gasteiger partial charge in [0, 0.05) is 19.0 Å². The van der Waals surface area contributed by atoms with Crippen molar-refractivity contribution < 1.29 is 18.0 Å². The minimum Gasteiger partial charge on any atom is -0.409 e. The maximum absolute atomic E-state index is 13.1. The Hall–Kier alpha value is -1.67. The highest BCUT2D eigenvalue weighted by atomic mass is 32.2. The summed E-state index contributed by atoms with van der Waals surface area (Å²) in [4.78, 5) is 0.0929. The Bertz CT molecular complexity index is 657. The van der Waals surface area contributed by atoms with Gasteiger partial charge < -0.3 is 10.9 Å². The van der Waals surface area contributed by atoms with E-state index in [1.165, 1.54) is 16.4 Å². The van der Waals surface area contributed by atoms with E-state index in [9.17, 15) is 12.8 Å². The van der Waals surface area contributed by atoms with Gasteiger partial charge in [0.05, 0.1) is 4.90 Å². The number of hydrogen-bond acceptors (Lipinski definition) is 4. The third-order valence-corrected chi connectivity index (χ3v) is 5.51.